The van der Waals surface area contributed by atoms with Gasteiger partial charge >= 0.3 is 0 Å². The Hall–Kier alpha value is -1.42. The maximum absolute atomic E-state index is 5.41. The molecule has 1 heteroatoms. The summed E-state index contributed by atoms with van der Waals surface area (Å²) in [6.45, 7) is 8.71. The van der Waals surface area contributed by atoms with Crippen LogP contribution >= 0.6 is 0 Å². The fraction of sp³-hybridized carbons (Fsp3) is 0.529. The molecule has 1 atom stereocenters. The van der Waals surface area contributed by atoms with Crippen molar-refractivity contribution in [3.05, 3.63) is 29.3 Å². The molecule has 0 amide bonds. The quantitative estimate of drug-likeness (QED) is 0.696. The van der Waals surface area contributed by atoms with Gasteiger partial charge in [0.2, 0.25) is 0 Å². The molecule has 1 unspecified atom stereocenters. The molecule has 0 bridgehead atoms. The first-order valence-corrected chi connectivity index (χ1v) is 6.73. The minimum absolute atomic E-state index is 0.479. The molecule has 0 aromatic heterocycles. The zero-order chi connectivity index (χ0) is 13.5. The second-order valence-electron chi connectivity index (χ2n) is 4.97. The summed E-state index contributed by atoms with van der Waals surface area (Å²) in [5.74, 6) is 8.31. The molecule has 1 rings (SSSR count). The Morgan fingerprint density at radius 1 is 1.17 bits per heavy atom. The van der Waals surface area contributed by atoms with Crippen molar-refractivity contribution in [2.24, 2.45) is 0 Å². The van der Waals surface area contributed by atoms with Crippen LogP contribution in [0.1, 0.15) is 63.5 Å². The van der Waals surface area contributed by atoms with Crippen molar-refractivity contribution in [3.8, 4) is 17.6 Å². The van der Waals surface area contributed by atoms with Crippen molar-refractivity contribution >= 4 is 0 Å². The van der Waals surface area contributed by atoms with E-state index in [0.29, 0.717) is 11.8 Å². The molecule has 0 spiro atoms. The van der Waals surface area contributed by atoms with Crippen molar-refractivity contribution in [2.75, 3.05) is 7.11 Å². The van der Waals surface area contributed by atoms with Crippen LogP contribution in [-0.4, -0.2) is 7.11 Å². The molecule has 0 aliphatic rings. The SMILES string of the molecule is CCC#CCC(C)c1ccc(OC)c(C(C)C)c1. The van der Waals surface area contributed by atoms with Crippen LogP contribution in [0.15, 0.2) is 18.2 Å². The molecule has 0 aliphatic heterocycles. The molecular weight excluding hydrogens is 220 g/mol. The highest BCUT2D eigenvalue weighted by Gasteiger charge is 2.11. The van der Waals surface area contributed by atoms with Crippen molar-refractivity contribution in [2.45, 2.75) is 52.4 Å². The van der Waals surface area contributed by atoms with E-state index in [1.165, 1.54) is 11.1 Å². The Kier molecular flexibility index (Phi) is 5.78. The standard InChI is InChI=1S/C17H24O/c1-6-7-8-9-14(4)15-10-11-17(18-5)16(12-15)13(2)3/h10-14H,6,9H2,1-5H3. The van der Waals surface area contributed by atoms with Crippen molar-refractivity contribution in [3.63, 3.8) is 0 Å². The summed E-state index contributed by atoms with van der Waals surface area (Å²) < 4.78 is 5.41. The fourth-order valence-corrected chi connectivity index (χ4v) is 1.98. The highest BCUT2D eigenvalue weighted by molar-refractivity contribution is 5.40. The smallest absolute Gasteiger partial charge is 0.122 e. The molecule has 98 valence electrons. The van der Waals surface area contributed by atoms with Crippen molar-refractivity contribution in [1.29, 1.82) is 0 Å². The Morgan fingerprint density at radius 3 is 2.44 bits per heavy atom. The number of hydrogen-bond acceptors (Lipinski definition) is 1. The van der Waals surface area contributed by atoms with Crippen molar-refractivity contribution < 1.29 is 4.74 Å². The van der Waals surface area contributed by atoms with Crippen LogP contribution in [0.5, 0.6) is 5.75 Å². The van der Waals surface area contributed by atoms with Gasteiger partial charge in [-0.05, 0) is 29.0 Å². The summed E-state index contributed by atoms with van der Waals surface area (Å²) in [5, 5.41) is 0. The van der Waals surface area contributed by atoms with Gasteiger partial charge in [-0.15, -0.1) is 11.8 Å². The Labute approximate surface area is 112 Å². The molecule has 1 aromatic rings. The van der Waals surface area contributed by atoms with Gasteiger partial charge in [-0.2, -0.15) is 0 Å². The third kappa shape index (κ3) is 3.81. The zero-order valence-corrected chi connectivity index (χ0v) is 12.2. The fourth-order valence-electron chi connectivity index (χ4n) is 1.98. The Bertz CT molecular complexity index is 435. The van der Waals surface area contributed by atoms with Gasteiger partial charge in [0.1, 0.15) is 5.75 Å². The number of rotatable bonds is 4. The first kappa shape index (κ1) is 14.6. The van der Waals surface area contributed by atoms with E-state index in [1.807, 2.05) is 0 Å². The molecule has 18 heavy (non-hydrogen) atoms. The normalized spacial score (nSPS) is 11.9. The average Bonchev–Trinajstić information content (AvgIpc) is 2.38. The second-order valence-corrected chi connectivity index (χ2v) is 4.97. The van der Waals surface area contributed by atoms with Crippen LogP contribution in [0.25, 0.3) is 0 Å². The van der Waals surface area contributed by atoms with Gasteiger partial charge in [-0.25, -0.2) is 0 Å². The van der Waals surface area contributed by atoms with Gasteiger partial charge in [0.25, 0.3) is 0 Å². The number of ether oxygens (including phenoxy) is 1. The lowest BCUT2D eigenvalue weighted by Gasteiger charge is -2.16. The third-order valence-corrected chi connectivity index (χ3v) is 3.15. The minimum atomic E-state index is 0.479. The topological polar surface area (TPSA) is 9.23 Å². The largest absolute Gasteiger partial charge is 0.496 e. The van der Waals surface area contributed by atoms with E-state index in [2.05, 4.69) is 57.7 Å². The maximum Gasteiger partial charge on any atom is 0.122 e. The second kappa shape index (κ2) is 7.11. The predicted molar refractivity (Wildman–Crippen MR) is 78.2 cm³/mol. The van der Waals surface area contributed by atoms with Crippen LogP contribution in [0.4, 0.5) is 0 Å². The first-order chi connectivity index (χ1) is 8.60. The molecule has 0 saturated heterocycles. The summed E-state index contributed by atoms with van der Waals surface area (Å²) >= 11 is 0. The number of benzene rings is 1. The molecule has 0 heterocycles. The van der Waals surface area contributed by atoms with E-state index in [0.717, 1.165) is 18.6 Å². The van der Waals surface area contributed by atoms with Gasteiger partial charge in [-0.1, -0.05) is 39.8 Å². The average molecular weight is 244 g/mol. The third-order valence-electron chi connectivity index (χ3n) is 3.15. The van der Waals surface area contributed by atoms with E-state index < -0.39 is 0 Å². The molecule has 0 fully saturated rings. The molecule has 0 radical (unpaired) electrons. The van der Waals surface area contributed by atoms with Gasteiger partial charge in [0.05, 0.1) is 7.11 Å². The van der Waals surface area contributed by atoms with Crippen LogP contribution in [0, 0.1) is 11.8 Å². The van der Waals surface area contributed by atoms with Gasteiger partial charge in [0, 0.05) is 12.8 Å². The first-order valence-electron chi connectivity index (χ1n) is 6.73. The van der Waals surface area contributed by atoms with E-state index in [-0.39, 0.29) is 0 Å². The summed E-state index contributed by atoms with van der Waals surface area (Å²) in [6.07, 6.45) is 1.87. The molecule has 0 saturated carbocycles. The van der Waals surface area contributed by atoms with Crippen molar-refractivity contribution in [1.82, 2.24) is 0 Å². The zero-order valence-electron chi connectivity index (χ0n) is 12.2. The highest BCUT2D eigenvalue weighted by atomic mass is 16.5. The van der Waals surface area contributed by atoms with E-state index in [9.17, 15) is 0 Å². The maximum atomic E-state index is 5.41. The summed E-state index contributed by atoms with van der Waals surface area (Å²) in [4.78, 5) is 0. The number of hydrogen-bond donors (Lipinski definition) is 0. The van der Waals surface area contributed by atoms with Crippen LogP contribution < -0.4 is 4.74 Å². The monoisotopic (exact) mass is 244 g/mol. The molecule has 1 nitrogen and oxygen atoms in total. The lowest BCUT2D eigenvalue weighted by molar-refractivity contribution is 0.407. The highest BCUT2D eigenvalue weighted by Crippen LogP contribution is 2.30. The molecule has 0 N–H and O–H groups in total. The van der Waals surface area contributed by atoms with Gasteiger partial charge < -0.3 is 4.74 Å². The number of methoxy groups -OCH3 is 1. The van der Waals surface area contributed by atoms with E-state index in [1.54, 1.807) is 7.11 Å². The van der Waals surface area contributed by atoms with Gasteiger partial charge in [-0.3, -0.25) is 0 Å². The molecular formula is C17H24O. The minimum Gasteiger partial charge on any atom is -0.496 e. The van der Waals surface area contributed by atoms with Crippen LogP contribution in [0.3, 0.4) is 0 Å². The summed E-state index contributed by atoms with van der Waals surface area (Å²) in [7, 11) is 1.73. The molecule has 1 aromatic carbocycles. The Balaban J connectivity index is 2.93. The Morgan fingerprint density at radius 2 is 1.89 bits per heavy atom. The summed E-state index contributed by atoms with van der Waals surface area (Å²) in [5.41, 5.74) is 2.63. The summed E-state index contributed by atoms with van der Waals surface area (Å²) in [6, 6.07) is 6.50. The van der Waals surface area contributed by atoms with Crippen LogP contribution in [0.2, 0.25) is 0 Å². The lowest BCUT2D eigenvalue weighted by atomic mass is 9.92. The lowest BCUT2D eigenvalue weighted by Crippen LogP contribution is -1.99. The molecule has 0 aliphatic carbocycles. The van der Waals surface area contributed by atoms with Gasteiger partial charge in [0.15, 0.2) is 0 Å². The van der Waals surface area contributed by atoms with Crippen LogP contribution in [-0.2, 0) is 0 Å². The van der Waals surface area contributed by atoms with E-state index >= 15 is 0 Å². The van der Waals surface area contributed by atoms with E-state index in [4.69, 9.17) is 4.74 Å². The predicted octanol–water partition coefficient (Wildman–Crippen LogP) is 4.73.